The van der Waals surface area contributed by atoms with E-state index < -0.39 is 0 Å². The molecule has 1 saturated carbocycles. The van der Waals surface area contributed by atoms with Crippen LogP contribution in [0.2, 0.25) is 0 Å². The molecule has 0 radical (unpaired) electrons. The van der Waals surface area contributed by atoms with E-state index in [4.69, 9.17) is 10.5 Å². The quantitative estimate of drug-likeness (QED) is 0.719. The summed E-state index contributed by atoms with van der Waals surface area (Å²) in [7, 11) is 1.83. The summed E-state index contributed by atoms with van der Waals surface area (Å²) in [5.41, 5.74) is 5.93. The van der Waals surface area contributed by atoms with Gasteiger partial charge in [0.05, 0.1) is 5.60 Å². The third-order valence-corrected chi connectivity index (χ3v) is 4.01. The van der Waals surface area contributed by atoms with Crippen LogP contribution < -0.4 is 5.73 Å². The van der Waals surface area contributed by atoms with Gasteiger partial charge in [-0.25, -0.2) is 0 Å². The first-order valence-electron chi connectivity index (χ1n) is 5.68. The van der Waals surface area contributed by atoms with Gasteiger partial charge in [-0.1, -0.05) is 0 Å². The molecule has 3 nitrogen and oxygen atoms in total. The zero-order chi connectivity index (χ0) is 10.2. The van der Waals surface area contributed by atoms with Crippen LogP contribution in [0.4, 0.5) is 0 Å². The van der Waals surface area contributed by atoms with E-state index in [0.717, 1.165) is 18.9 Å². The first-order chi connectivity index (χ1) is 6.63. The van der Waals surface area contributed by atoms with Crippen LogP contribution in [0, 0.1) is 0 Å². The van der Waals surface area contributed by atoms with Crippen LogP contribution in [0.15, 0.2) is 0 Å². The smallest absolute Gasteiger partial charge is 0.0675 e. The Morgan fingerprint density at radius 2 is 1.86 bits per heavy atom. The number of ether oxygens (including phenoxy) is 1. The molecule has 0 aromatic rings. The topological polar surface area (TPSA) is 38.5 Å². The van der Waals surface area contributed by atoms with Gasteiger partial charge in [0.2, 0.25) is 0 Å². The van der Waals surface area contributed by atoms with E-state index >= 15 is 0 Å². The monoisotopic (exact) mass is 198 g/mol. The molecule has 3 heteroatoms. The molecule has 0 atom stereocenters. The Kier molecular flexibility index (Phi) is 2.82. The second-order valence-corrected chi connectivity index (χ2v) is 5.08. The SMILES string of the molecule is COC1(C)CCN(C2CC(N)C2)CC1. The number of nitrogens with zero attached hydrogens (tertiary/aromatic N) is 1. The van der Waals surface area contributed by atoms with Gasteiger partial charge in [0, 0.05) is 32.3 Å². The highest BCUT2D eigenvalue weighted by molar-refractivity contribution is 4.93. The average molecular weight is 198 g/mol. The number of hydrogen-bond acceptors (Lipinski definition) is 3. The summed E-state index contributed by atoms with van der Waals surface area (Å²) >= 11 is 0. The van der Waals surface area contributed by atoms with Crippen LogP contribution in [0.1, 0.15) is 32.6 Å². The Balaban J connectivity index is 1.79. The van der Waals surface area contributed by atoms with E-state index in [2.05, 4.69) is 11.8 Å². The zero-order valence-electron chi connectivity index (χ0n) is 9.33. The molecular weight excluding hydrogens is 176 g/mol. The van der Waals surface area contributed by atoms with Gasteiger partial charge < -0.3 is 15.4 Å². The summed E-state index contributed by atoms with van der Waals surface area (Å²) < 4.78 is 5.53. The highest BCUT2D eigenvalue weighted by atomic mass is 16.5. The molecule has 0 bridgehead atoms. The van der Waals surface area contributed by atoms with E-state index in [9.17, 15) is 0 Å². The Labute approximate surface area is 86.6 Å². The molecule has 82 valence electrons. The van der Waals surface area contributed by atoms with Crippen molar-refractivity contribution in [1.82, 2.24) is 4.90 Å². The summed E-state index contributed by atoms with van der Waals surface area (Å²) in [6.45, 7) is 4.58. The van der Waals surface area contributed by atoms with Crippen molar-refractivity contribution in [1.29, 1.82) is 0 Å². The molecule has 0 spiro atoms. The molecule has 1 saturated heterocycles. The van der Waals surface area contributed by atoms with Gasteiger partial charge in [-0.3, -0.25) is 0 Å². The highest BCUT2D eigenvalue weighted by Gasteiger charge is 2.36. The van der Waals surface area contributed by atoms with E-state index in [1.807, 2.05) is 7.11 Å². The molecule has 1 aliphatic carbocycles. The second-order valence-electron chi connectivity index (χ2n) is 5.08. The molecule has 14 heavy (non-hydrogen) atoms. The molecule has 0 amide bonds. The van der Waals surface area contributed by atoms with Crippen molar-refractivity contribution in [3.63, 3.8) is 0 Å². The summed E-state index contributed by atoms with van der Waals surface area (Å²) in [6.07, 6.45) is 4.72. The lowest BCUT2D eigenvalue weighted by molar-refractivity contribution is -0.0583. The normalized spacial score (nSPS) is 37.9. The van der Waals surface area contributed by atoms with E-state index in [1.54, 1.807) is 0 Å². The summed E-state index contributed by atoms with van der Waals surface area (Å²) in [6, 6.07) is 1.24. The van der Waals surface area contributed by atoms with Gasteiger partial charge in [-0.2, -0.15) is 0 Å². The number of likely N-dealkylation sites (tertiary alicyclic amines) is 1. The number of hydrogen-bond donors (Lipinski definition) is 1. The molecule has 0 aromatic heterocycles. The molecule has 1 heterocycles. The molecule has 2 N–H and O–H groups in total. The van der Waals surface area contributed by atoms with Crippen molar-refractivity contribution in [3.05, 3.63) is 0 Å². The fourth-order valence-corrected chi connectivity index (χ4v) is 2.49. The Morgan fingerprint density at radius 3 is 2.29 bits per heavy atom. The minimum atomic E-state index is 0.127. The fourth-order valence-electron chi connectivity index (χ4n) is 2.49. The first-order valence-corrected chi connectivity index (χ1v) is 5.68. The minimum Gasteiger partial charge on any atom is -0.378 e. The van der Waals surface area contributed by atoms with Gasteiger partial charge >= 0.3 is 0 Å². The van der Waals surface area contributed by atoms with Crippen LogP contribution in [0.3, 0.4) is 0 Å². The predicted molar refractivity (Wildman–Crippen MR) is 57.2 cm³/mol. The van der Waals surface area contributed by atoms with Gasteiger partial charge in [0.1, 0.15) is 0 Å². The molecule has 2 aliphatic rings. The molecule has 2 rings (SSSR count). The Bertz CT molecular complexity index is 193. The largest absolute Gasteiger partial charge is 0.378 e. The zero-order valence-corrected chi connectivity index (χ0v) is 9.33. The fraction of sp³-hybridized carbons (Fsp3) is 1.00. The lowest BCUT2D eigenvalue weighted by Gasteiger charge is -2.46. The van der Waals surface area contributed by atoms with Crippen LogP contribution in [-0.4, -0.2) is 42.8 Å². The number of rotatable bonds is 2. The van der Waals surface area contributed by atoms with E-state index in [-0.39, 0.29) is 5.60 Å². The third kappa shape index (κ3) is 1.95. The van der Waals surface area contributed by atoms with Crippen molar-refractivity contribution in [2.24, 2.45) is 5.73 Å². The molecule has 2 fully saturated rings. The van der Waals surface area contributed by atoms with E-state index in [1.165, 1.54) is 25.9 Å². The lowest BCUT2D eigenvalue weighted by Crippen LogP contribution is -2.55. The lowest BCUT2D eigenvalue weighted by atomic mass is 9.83. The van der Waals surface area contributed by atoms with Crippen molar-refractivity contribution < 1.29 is 4.74 Å². The molecular formula is C11H22N2O. The minimum absolute atomic E-state index is 0.127. The maximum atomic E-state index is 5.80. The van der Waals surface area contributed by atoms with Crippen molar-refractivity contribution in [3.8, 4) is 0 Å². The highest BCUT2D eigenvalue weighted by Crippen LogP contribution is 2.31. The maximum Gasteiger partial charge on any atom is 0.0675 e. The van der Waals surface area contributed by atoms with Crippen LogP contribution in [0.25, 0.3) is 0 Å². The molecule has 0 unspecified atom stereocenters. The molecule has 0 aromatic carbocycles. The van der Waals surface area contributed by atoms with Gasteiger partial charge in [0.25, 0.3) is 0 Å². The molecule has 1 aliphatic heterocycles. The van der Waals surface area contributed by atoms with Gasteiger partial charge in [0.15, 0.2) is 0 Å². The van der Waals surface area contributed by atoms with Gasteiger partial charge in [-0.05, 0) is 32.6 Å². The van der Waals surface area contributed by atoms with Gasteiger partial charge in [-0.15, -0.1) is 0 Å². The van der Waals surface area contributed by atoms with Crippen molar-refractivity contribution in [2.75, 3.05) is 20.2 Å². The summed E-state index contributed by atoms with van der Waals surface area (Å²) in [5.74, 6) is 0. The summed E-state index contributed by atoms with van der Waals surface area (Å²) in [4.78, 5) is 2.59. The average Bonchev–Trinajstić information content (AvgIpc) is 2.15. The standard InChI is InChI=1S/C11H22N2O/c1-11(14-2)3-5-13(6-4-11)10-7-9(12)8-10/h9-10H,3-8,12H2,1-2H3. The number of piperidine rings is 1. The van der Waals surface area contributed by atoms with Crippen LogP contribution in [0.5, 0.6) is 0 Å². The third-order valence-electron chi connectivity index (χ3n) is 4.01. The van der Waals surface area contributed by atoms with E-state index in [0.29, 0.717) is 6.04 Å². The first kappa shape index (κ1) is 10.4. The summed E-state index contributed by atoms with van der Waals surface area (Å²) in [5, 5.41) is 0. The number of methoxy groups -OCH3 is 1. The van der Waals surface area contributed by atoms with Crippen molar-refractivity contribution >= 4 is 0 Å². The Hall–Kier alpha value is -0.120. The van der Waals surface area contributed by atoms with Crippen molar-refractivity contribution in [2.45, 2.75) is 50.3 Å². The number of nitrogens with two attached hydrogens (primary N) is 1. The Morgan fingerprint density at radius 1 is 1.29 bits per heavy atom. The second kappa shape index (κ2) is 3.80. The van der Waals surface area contributed by atoms with Crippen LogP contribution in [-0.2, 0) is 4.74 Å². The predicted octanol–water partition coefficient (Wildman–Crippen LogP) is 0.977. The maximum absolute atomic E-state index is 5.80. The van der Waals surface area contributed by atoms with Crippen LogP contribution >= 0.6 is 0 Å².